The van der Waals surface area contributed by atoms with Crippen LogP contribution in [0.4, 0.5) is 0 Å². The molecule has 0 aliphatic rings. The number of nitrogens with zero attached hydrogens (tertiary/aromatic N) is 1. The summed E-state index contributed by atoms with van der Waals surface area (Å²) in [6, 6.07) is 9.99. The van der Waals surface area contributed by atoms with Gasteiger partial charge in [0.05, 0.1) is 6.04 Å². The molecule has 0 aliphatic carbocycles. The van der Waals surface area contributed by atoms with Gasteiger partial charge in [0, 0.05) is 18.8 Å². The lowest BCUT2D eigenvalue weighted by Crippen LogP contribution is -2.28. The number of hydrogen-bond acceptors (Lipinski definition) is 3. The highest BCUT2D eigenvalue weighted by molar-refractivity contribution is 5.94. The SMILES string of the molecule is C[C@@H](NC(=O)c1cccn1C)c1cccc(C(=O)NO)c1. The molecule has 2 rings (SSSR count). The Kier molecular flexibility index (Phi) is 4.39. The van der Waals surface area contributed by atoms with Crippen LogP contribution in [-0.2, 0) is 7.05 Å². The minimum absolute atomic E-state index is 0.188. The quantitative estimate of drug-likeness (QED) is 0.590. The first-order valence-electron chi connectivity index (χ1n) is 6.49. The van der Waals surface area contributed by atoms with Crippen LogP contribution in [0.25, 0.3) is 0 Å². The molecule has 6 heteroatoms. The third-order valence-electron chi connectivity index (χ3n) is 3.27. The lowest BCUT2D eigenvalue weighted by Gasteiger charge is -2.15. The van der Waals surface area contributed by atoms with Gasteiger partial charge in [0.15, 0.2) is 0 Å². The first kappa shape index (κ1) is 14.8. The second kappa shape index (κ2) is 6.23. The first-order valence-corrected chi connectivity index (χ1v) is 6.49. The molecule has 6 nitrogen and oxygen atoms in total. The Bertz CT molecular complexity index is 664. The average molecular weight is 287 g/mol. The van der Waals surface area contributed by atoms with Crippen molar-refractivity contribution < 1.29 is 14.8 Å². The van der Waals surface area contributed by atoms with Gasteiger partial charge in [-0.15, -0.1) is 0 Å². The molecule has 0 spiro atoms. The number of nitrogens with one attached hydrogen (secondary N) is 2. The lowest BCUT2D eigenvalue weighted by atomic mass is 10.0. The Morgan fingerprint density at radius 2 is 1.95 bits per heavy atom. The average Bonchev–Trinajstić information content (AvgIpc) is 2.92. The summed E-state index contributed by atoms with van der Waals surface area (Å²) in [6.07, 6.45) is 1.80. The van der Waals surface area contributed by atoms with E-state index in [0.29, 0.717) is 11.3 Å². The molecule has 0 unspecified atom stereocenters. The van der Waals surface area contributed by atoms with Gasteiger partial charge < -0.3 is 9.88 Å². The van der Waals surface area contributed by atoms with Gasteiger partial charge >= 0.3 is 0 Å². The Hall–Kier alpha value is -2.60. The van der Waals surface area contributed by atoms with E-state index in [2.05, 4.69) is 5.32 Å². The topological polar surface area (TPSA) is 83.4 Å². The van der Waals surface area contributed by atoms with Crippen LogP contribution < -0.4 is 10.8 Å². The van der Waals surface area contributed by atoms with Gasteiger partial charge in [-0.3, -0.25) is 14.8 Å². The van der Waals surface area contributed by atoms with E-state index in [0.717, 1.165) is 5.56 Å². The molecule has 0 bridgehead atoms. The smallest absolute Gasteiger partial charge is 0.274 e. The third kappa shape index (κ3) is 3.29. The van der Waals surface area contributed by atoms with Crippen molar-refractivity contribution in [2.45, 2.75) is 13.0 Å². The molecule has 0 saturated carbocycles. The number of hydrogen-bond donors (Lipinski definition) is 3. The van der Waals surface area contributed by atoms with E-state index < -0.39 is 5.91 Å². The molecule has 0 saturated heterocycles. The van der Waals surface area contributed by atoms with Crippen LogP contribution in [0.5, 0.6) is 0 Å². The van der Waals surface area contributed by atoms with E-state index in [1.54, 1.807) is 53.6 Å². The van der Waals surface area contributed by atoms with Crippen LogP contribution in [0, 0.1) is 0 Å². The van der Waals surface area contributed by atoms with Crippen molar-refractivity contribution in [3.05, 3.63) is 59.4 Å². The Labute approximate surface area is 122 Å². The predicted molar refractivity (Wildman–Crippen MR) is 77.0 cm³/mol. The van der Waals surface area contributed by atoms with Crippen molar-refractivity contribution in [3.8, 4) is 0 Å². The molecule has 0 aliphatic heterocycles. The van der Waals surface area contributed by atoms with Crippen molar-refractivity contribution in [3.63, 3.8) is 0 Å². The minimum atomic E-state index is -0.585. The molecule has 0 fully saturated rings. The standard InChI is InChI=1S/C15H17N3O3/c1-10(16-15(20)13-7-4-8-18(13)2)11-5-3-6-12(9-11)14(19)17-21/h3-10,21H,1-2H3,(H,16,20)(H,17,19)/t10-/m1/s1. The summed E-state index contributed by atoms with van der Waals surface area (Å²) >= 11 is 0. The van der Waals surface area contributed by atoms with E-state index in [1.807, 2.05) is 13.0 Å². The van der Waals surface area contributed by atoms with Gasteiger partial charge in [-0.1, -0.05) is 12.1 Å². The van der Waals surface area contributed by atoms with E-state index >= 15 is 0 Å². The predicted octanol–water partition coefficient (Wildman–Crippen LogP) is 1.64. The Morgan fingerprint density at radius 3 is 2.57 bits per heavy atom. The second-order valence-corrected chi connectivity index (χ2v) is 4.77. The number of aromatic nitrogens is 1. The van der Waals surface area contributed by atoms with Gasteiger partial charge in [0.2, 0.25) is 0 Å². The van der Waals surface area contributed by atoms with Crippen LogP contribution in [0.3, 0.4) is 0 Å². The first-order chi connectivity index (χ1) is 10.0. The molecule has 1 aromatic heterocycles. The molecular formula is C15H17N3O3. The fourth-order valence-electron chi connectivity index (χ4n) is 2.06. The number of carbonyl (C=O) groups excluding carboxylic acids is 2. The number of carbonyl (C=O) groups is 2. The lowest BCUT2D eigenvalue weighted by molar-refractivity contribution is 0.0706. The van der Waals surface area contributed by atoms with Gasteiger partial charge in [-0.25, -0.2) is 5.48 Å². The van der Waals surface area contributed by atoms with Crippen molar-refractivity contribution >= 4 is 11.8 Å². The highest BCUT2D eigenvalue weighted by atomic mass is 16.5. The highest BCUT2D eigenvalue weighted by Crippen LogP contribution is 2.15. The number of amides is 2. The fraction of sp³-hybridized carbons (Fsp3) is 0.200. The van der Waals surface area contributed by atoms with Crippen LogP contribution in [0.2, 0.25) is 0 Å². The van der Waals surface area contributed by atoms with E-state index in [9.17, 15) is 9.59 Å². The summed E-state index contributed by atoms with van der Waals surface area (Å²) in [5, 5.41) is 11.5. The fourth-order valence-corrected chi connectivity index (χ4v) is 2.06. The van der Waals surface area contributed by atoms with Crippen molar-refractivity contribution in [1.29, 1.82) is 0 Å². The Morgan fingerprint density at radius 1 is 1.19 bits per heavy atom. The third-order valence-corrected chi connectivity index (χ3v) is 3.27. The van der Waals surface area contributed by atoms with Crippen LogP contribution in [-0.4, -0.2) is 21.6 Å². The zero-order chi connectivity index (χ0) is 15.4. The number of rotatable bonds is 4. The van der Waals surface area contributed by atoms with Gasteiger partial charge in [0.1, 0.15) is 5.69 Å². The molecule has 0 radical (unpaired) electrons. The molecule has 110 valence electrons. The molecule has 21 heavy (non-hydrogen) atoms. The maximum Gasteiger partial charge on any atom is 0.274 e. The maximum absolute atomic E-state index is 12.1. The molecule has 2 amide bonds. The number of benzene rings is 1. The number of aryl methyl sites for hydroxylation is 1. The van der Waals surface area contributed by atoms with E-state index in [1.165, 1.54) is 0 Å². The Balaban J connectivity index is 2.13. The van der Waals surface area contributed by atoms with Crippen molar-refractivity contribution in [1.82, 2.24) is 15.4 Å². The normalized spacial score (nSPS) is 11.8. The summed E-state index contributed by atoms with van der Waals surface area (Å²) in [6.45, 7) is 1.83. The summed E-state index contributed by atoms with van der Waals surface area (Å²) in [5.41, 5.74) is 3.25. The van der Waals surface area contributed by atoms with Gasteiger partial charge in [-0.2, -0.15) is 0 Å². The maximum atomic E-state index is 12.1. The van der Waals surface area contributed by atoms with Crippen molar-refractivity contribution in [2.75, 3.05) is 0 Å². The molecule has 1 aromatic carbocycles. The summed E-state index contributed by atoms with van der Waals surface area (Å²) < 4.78 is 1.73. The summed E-state index contributed by atoms with van der Waals surface area (Å²) in [5.74, 6) is -0.773. The van der Waals surface area contributed by atoms with Crippen LogP contribution in [0.1, 0.15) is 39.4 Å². The molecule has 2 aromatic rings. The summed E-state index contributed by atoms with van der Waals surface area (Å²) in [7, 11) is 1.80. The monoisotopic (exact) mass is 287 g/mol. The zero-order valence-corrected chi connectivity index (χ0v) is 11.8. The summed E-state index contributed by atoms with van der Waals surface area (Å²) in [4.78, 5) is 23.5. The van der Waals surface area contributed by atoms with Crippen molar-refractivity contribution in [2.24, 2.45) is 7.05 Å². The van der Waals surface area contributed by atoms with Gasteiger partial charge in [0.25, 0.3) is 11.8 Å². The molecule has 3 N–H and O–H groups in total. The van der Waals surface area contributed by atoms with Crippen LogP contribution >= 0.6 is 0 Å². The zero-order valence-electron chi connectivity index (χ0n) is 11.8. The largest absolute Gasteiger partial charge is 0.347 e. The van der Waals surface area contributed by atoms with Crippen LogP contribution in [0.15, 0.2) is 42.6 Å². The highest BCUT2D eigenvalue weighted by Gasteiger charge is 2.14. The number of hydroxylamine groups is 1. The van der Waals surface area contributed by atoms with Gasteiger partial charge in [-0.05, 0) is 36.8 Å². The second-order valence-electron chi connectivity index (χ2n) is 4.77. The van der Waals surface area contributed by atoms with E-state index in [4.69, 9.17) is 5.21 Å². The molecule has 1 atom stereocenters. The van der Waals surface area contributed by atoms with E-state index in [-0.39, 0.29) is 11.9 Å². The molecular weight excluding hydrogens is 270 g/mol. The molecule has 1 heterocycles. The minimum Gasteiger partial charge on any atom is -0.347 e.